The largest absolute Gasteiger partial charge is 0.505 e. The van der Waals surface area contributed by atoms with Crippen molar-refractivity contribution in [3.8, 4) is 5.75 Å². The molecule has 0 aromatic heterocycles. The number of carbonyl (C=O) groups excluding carboxylic acids is 1. The maximum Gasteiger partial charge on any atom is 0.221 e. The van der Waals surface area contributed by atoms with Crippen molar-refractivity contribution in [2.45, 2.75) is 20.8 Å². The molecule has 1 aromatic carbocycles. The van der Waals surface area contributed by atoms with Gasteiger partial charge in [-0.25, -0.2) is 0 Å². The first-order chi connectivity index (χ1) is 6.43. The van der Waals surface area contributed by atoms with Gasteiger partial charge in [-0.2, -0.15) is 0 Å². The molecule has 0 aliphatic carbocycles. The van der Waals surface area contributed by atoms with Crippen molar-refractivity contribution in [2.75, 3.05) is 5.32 Å². The third-order valence-electron chi connectivity index (χ3n) is 1.99. The summed E-state index contributed by atoms with van der Waals surface area (Å²) >= 11 is 5.91. The van der Waals surface area contributed by atoms with Crippen molar-refractivity contribution in [3.63, 3.8) is 0 Å². The molecule has 0 saturated carbocycles. The van der Waals surface area contributed by atoms with Crippen LogP contribution in [-0.2, 0) is 4.79 Å². The Morgan fingerprint density at radius 1 is 1.50 bits per heavy atom. The van der Waals surface area contributed by atoms with Gasteiger partial charge in [-0.15, -0.1) is 0 Å². The Morgan fingerprint density at radius 3 is 2.57 bits per heavy atom. The zero-order valence-corrected chi connectivity index (χ0v) is 9.07. The summed E-state index contributed by atoms with van der Waals surface area (Å²) in [4.78, 5) is 10.9. The Bertz CT molecular complexity index is 362. The van der Waals surface area contributed by atoms with Gasteiger partial charge in [-0.3, -0.25) is 4.79 Å². The fourth-order valence-electron chi connectivity index (χ4n) is 1.19. The predicted octanol–water partition coefficient (Wildman–Crippen LogP) is 2.62. The number of hydrogen-bond acceptors (Lipinski definition) is 2. The molecule has 0 spiro atoms. The van der Waals surface area contributed by atoms with Gasteiger partial charge in [-0.1, -0.05) is 11.6 Å². The molecule has 0 bridgehead atoms. The number of aromatic hydroxyl groups is 1. The number of nitrogens with one attached hydrogen (secondary N) is 1. The number of phenolic OH excluding ortho intramolecular Hbond substituents is 1. The molecule has 0 radical (unpaired) electrons. The summed E-state index contributed by atoms with van der Waals surface area (Å²) in [5.41, 5.74) is 1.71. The smallest absolute Gasteiger partial charge is 0.221 e. The summed E-state index contributed by atoms with van der Waals surface area (Å²) in [6, 6.07) is 1.66. The first-order valence-corrected chi connectivity index (χ1v) is 4.57. The van der Waals surface area contributed by atoms with Gasteiger partial charge in [0.15, 0.2) is 0 Å². The van der Waals surface area contributed by atoms with Crippen LogP contribution in [0.15, 0.2) is 6.07 Å². The minimum atomic E-state index is -0.231. The number of phenols is 1. The van der Waals surface area contributed by atoms with Gasteiger partial charge >= 0.3 is 0 Å². The van der Waals surface area contributed by atoms with Crippen molar-refractivity contribution >= 4 is 23.2 Å². The van der Waals surface area contributed by atoms with E-state index in [1.165, 1.54) is 6.92 Å². The van der Waals surface area contributed by atoms with E-state index in [0.717, 1.165) is 0 Å². The molecule has 0 unspecified atom stereocenters. The fraction of sp³-hybridized carbons (Fsp3) is 0.300. The van der Waals surface area contributed by atoms with Gasteiger partial charge in [0.2, 0.25) is 5.91 Å². The maximum absolute atomic E-state index is 10.9. The highest BCUT2D eigenvalue weighted by Crippen LogP contribution is 2.35. The molecule has 1 aromatic rings. The lowest BCUT2D eigenvalue weighted by Crippen LogP contribution is -2.08. The number of amides is 1. The van der Waals surface area contributed by atoms with E-state index in [0.29, 0.717) is 21.8 Å². The van der Waals surface area contributed by atoms with Crippen LogP contribution in [-0.4, -0.2) is 11.0 Å². The molecule has 14 heavy (non-hydrogen) atoms. The third-order valence-corrected chi connectivity index (χ3v) is 2.38. The molecule has 0 aliphatic rings. The van der Waals surface area contributed by atoms with Crippen LogP contribution in [0.4, 0.5) is 5.69 Å². The van der Waals surface area contributed by atoms with Gasteiger partial charge in [-0.05, 0) is 31.0 Å². The highest BCUT2D eigenvalue weighted by Gasteiger charge is 2.12. The topological polar surface area (TPSA) is 49.3 Å². The highest BCUT2D eigenvalue weighted by molar-refractivity contribution is 6.32. The average molecular weight is 214 g/mol. The standard InChI is InChI=1S/C10H12ClNO2/c1-5-4-8(11)6(2)9(10(5)14)12-7(3)13/h4,14H,1-3H3,(H,12,13). The molecule has 2 N–H and O–H groups in total. The highest BCUT2D eigenvalue weighted by atomic mass is 35.5. The predicted molar refractivity (Wildman–Crippen MR) is 56.9 cm³/mol. The molecule has 0 atom stereocenters. The summed E-state index contributed by atoms with van der Waals surface area (Å²) in [6.07, 6.45) is 0. The summed E-state index contributed by atoms with van der Waals surface area (Å²) in [6.45, 7) is 4.86. The van der Waals surface area contributed by atoms with Crippen LogP contribution in [0, 0.1) is 13.8 Å². The molecular weight excluding hydrogens is 202 g/mol. The molecule has 0 saturated heterocycles. The van der Waals surface area contributed by atoms with Gasteiger partial charge < -0.3 is 10.4 Å². The van der Waals surface area contributed by atoms with Crippen molar-refractivity contribution in [1.29, 1.82) is 0 Å². The Labute approximate surface area is 87.7 Å². The normalized spacial score (nSPS) is 10.0. The molecule has 1 rings (SSSR count). The van der Waals surface area contributed by atoms with E-state index in [1.54, 1.807) is 19.9 Å². The Morgan fingerprint density at radius 2 is 2.07 bits per heavy atom. The quantitative estimate of drug-likeness (QED) is 0.705. The summed E-state index contributed by atoms with van der Waals surface area (Å²) in [5, 5.41) is 12.8. The number of aryl methyl sites for hydroxylation is 1. The van der Waals surface area contributed by atoms with Gasteiger partial charge in [0.25, 0.3) is 0 Å². The Balaban J connectivity index is 3.31. The summed E-state index contributed by atoms with van der Waals surface area (Å²) < 4.78 is 0. The first-order valence-electron chi connectivity index (χ1n) is 4.19. The van der Waals surface area contributed by atoms with Gasteiger partial charge in [0.05, 0.1) is 5.69 Å². The van der Waals surface area contributed by atoms with Gasteiger partial charge in [0, 0.05) is 11.9 Å². The second-order valence-corrected chi connectivity index (χ2v) is 3.61. The van der Waals surface area contributed by atoms with Crippen LogP contribution in [0.25, 0.3) is 0 Å². The number of hydrogen-bond donors (Lipinski definition) is 2. The van der Waals surface area contributed by atoms with Crippen LogP contribution >= 0.6 is 11.6 Å². The van der Waals surface area contributed by atoms with E-state index in [4.69, 9.17) is 11.6 Å². The van der Waals surface area contributed by atoms with E-state index in [-0.39, 0.29) is 11.7 Å². The van der Waals surface area contributed by atoms with Crippen LogP contribution in [0.5, 0.6) is 5.75 Å². The van der Waals surface area contributed by atoms with Gasteiger partial charge in [0.1, 0.15) is 5.75 Å². The molecule has 3 nitrogen and oxygen atoms in total. The second kappa shape index (κ2) is 3.88. The number of anilines is 1. The van der Waals surface area contributed by atoms with E-state index in [9.17, 15) is 9.90 Å². The number of halogens is 1. The van der Waals surface area contributed by atoms with E-state index >= 15 is 0 Å². The molecule has 1 amide bonds. The Hall–Kier alpha value is -1.22. The maximum atomic E-state index is 10.9. The van der Waals surface area contributed by atoms with Crippen molar-refractivity contribution in [2.24, 2.45) is 0 Å². The lowest BCUT2D eigenvalue weighted by Gasteiger charge is -2.12. The summed E-state index contributed by atoms with van der Waals surface area (Å²) in [5.74, 6) is -0.160. The Kier molecular flexibility index (Phi) is 3.01. The van der Waals surface area contributed by atoms with E-state index in [1.807, 2.05) is 0 Å². The lowest BCUT2D eigenvalue weighted by atomic mass is 10.1. The van der Waals surface area contributed by atoms with Crippen LogP contribution in [0.3, 0.4) is 0 Å². The average Bonchev–Trinajstić information content (AvgIpc) is 2.09. The van der Waals surface area contributed by atoms with Crippen LogP contribution in [0.1, 0.15) is 18.1 Å². The summed E-state index contributed by atoms with van der Waals surface area (Å²) in [7, 11) is 0. The van der Waals surface area contributed by atoms with Crippen molar-refractivity contribution in [1.82, 2.24) is 0 Å². The second-order valence-electron chi connectivity index (χ2n) is 3.21. The molecule has 4 heteroatoms. The van der Waals surface area contributed by atoms with Crippen LogP contribution in [0.2, 0.25) is 5.02 Å². The molecule has 0 aliphatic heterocycles. The molecule has 0 fully saturated rings. The monoisotopic (exact) mass is 213 g/mol. The van der Waals surface area contributed by atoms with Crippen molar-refractivity contribution < 1.29 is 9.90 Å². The fourth-order valence-corrected chi connectivity index (χ4v) is 1.45. The van der Waals surface area contributed by atoms with Crippen LogP contribution < -0.4 is 5.32 Å². The minimum absolute atomic E-state index is 0.0714. The zero-order chi connectivity index (χ0) is 10.9. The molecule has 0 heterocycles. The number of benzene rings is 1. The van der Waals surface area contributed by atoms with E-state index in [2.05, 4.69) is 5.32 Å². The molecular formula is C10H12ClNO2. The van der Waals surface area contributed by atoms with Crippen molar-refractivity contribution in [3.05, 3.63) is 22.2 Å². The SMILES string of the molecule is CC(=O)Nc1c(C)c(Cl)cc(C)c1O. The molecule has 76 valence electrons. The number of rotatable bonds is 1. The minimum Gasteiger partial charge on any atom is -0.505 e. The first kappa shape index (κ1) is 10.9. The number of carbonyl (C=O) groups is 1. The lowest BCUT2D eigenvalue weighted by molar-refractivity contribution is -0.114. The zero-order valence-electron chi connectivity index (χ0n) is 8.31. The third kappa shape index (κ3) is 1.99. The van der Waals surface area contributed by atoms with E-state index < -0.39 is 0 Å².